The van der Waals surface area contributed by atoms with Crippen LogP contribution in [-0.2, 0) is 0 Å². The Morgan fingerprint density at radius 2 is 0.845 bits per heavy atom. The van der Waals surface area contributed by atoms with E-state index in [1.165, 1.54) is 58.8 Å². The molecule has 0 spiro atoms. The summed E-state index contributed by atoms with van der Waals surface area (Å²) in [6.07, 6.45) is 0. The number of benzene rings is 9. The summed E-state index contributed by atoms with van der Waals surface area (Å²) < 4.78 is 11.3. The third-order valence-corrected chi connectivity index (χ3v) is 17.1. The lowest BCUT2D eigenvalue weighted by atomic mass is 10.1. The molecule has 0 aliphatic heterocycles. The second-order valence-corrected chi connectivity index (χ2v) is 19.0. The van der Waals surface area contributed by atoms with Gasteiger partial charge in [-0.15, -0.1) is 0 Å². The van der Waals surface area contributed by atoms with Crippen molar-refractivity contribution in [2.45, 2.75) is 0 Å². The SMILES string of the molecule is c1ccc([Si](c2ccccc2)(c2ccccc2)c2cccc3c2c2ccccc2n3-c2ccc3c(c2)c2ccccc2n3-c2cccc3oc4ccccc4c23)cc1. The molecule has 0 amide bonds. The van der Waals surface area contributed by atoms with Crippen LogP contribution < -0.4 is 20.7 Å². The van der Waals surface area contributed by atoms with Gasteiger partial charge in [0.15, 0.2) is 8.07 Å². The molecule has 4 heteroatoms. The second-order valence-electron chi connectivity index (χ2n) is 15.2. The Balaban J connectivity index is 1.16. The van der Waals surface area contributed by atoms with E-state index in [1.807, 2.05) is 6.07 Å². The molecule has 3 aromatic heterocycles. The first-order chi connectivity index (χ1) is 28.8. The number of aromatic nitrogens is 2. The molecule has 0 fully saturated rings. The van der Waals surface area contributed by atoms with Gasteiger partial charge in [-0.25, -0.2) is 0 Å². The molecule has 0 saturated heterocycles. The van der Waals surface area contributed by atoms with Crippen LogP contribution in [0, 0.1) is 0 Å². The van der Waals surface area contributed by atoms with E-state index in [0.717, 1.165) is 38.8 Å². The van der Waals surface area contributed by atoms with Gasteiger partial charge in [0.25, 0.3) is 0 Å². The van der Waals surface area contributed by atoms with Crippen molar-refractivity contribution >= 4 is 94.4 Å². The molecule has 12 rings (SSSR count). The number of nitrogens with zero attached hydrogens (tertiary/aromatic N) is 2. The summed E-state index contributed by atoms with van der Waals surface area (Å²) in [5.41, 5.74) is 8.77. The molecule has 0 N–H and O–H groups in total. The number of furan rings is 1. The summed E-state index contributed by atoms with van der Waals surface area (Å²) >= 11 is 0. The van der Waals surface area contributed by atoms with Crippen LogP contribution in [0.2, 0.25) is 0 Å². The number of hydrogen-bond acceptors (Lipinski definition) is 1. The zero-order valence-corrected chi connectivity index (χ0v) is 32.6. The fourth-order valence-corrected chi connectivity index (χ4v) is 14.9. The molecule has 0 aliphatic rings. The normalized spacial score (nSPS) is 12.1. The third-order valence-electron chi connectivity index (χ3n) is 12.3. The minimum Gasteiger partial charge on any atom is -0.456 e. The van der Waals surface area contributed by atoms with Crippen molar-refractivity contribution in [1.82, 2.24) is 9.13 Å². The van der Waals surface area contributed by atoms with Crippen LogP contribution in [0.1, 0.15) is 0 Å². The van der Waals surface area contributed by atoms with E-state index in [1.54, 1.807) is 0 Å². The van der Waals surface area contributed by atoms with Crippen LogP contribution in [0.25, 0.3) is 76.9 Å². The van der Waals surface area contributed by atoms with Crippen molar-refractivity contribution in [3.8, 4) is 11.4 Å². The molecule has 0 bridgehead atoms. The topological polar surface area (TPSA) is 23.0 Å². The first kappa shape index (κ1) is 32.8. The molecule has 3 heterocycles. The van der Waals surface area contributed by atoms with E-state index < -0.39 is 8.07 Å². The molecule has 3 nitrogen and oxygen atoms in total. The van der Waals surface area contributed by atoms with Gasteiger partial charge in [0.2, 0.25) is 0 Å². The Morgan fingerprint density at radius 1 is 0.328 bits per heavy atom. The number of rotatable bonds is 6. The number of para-hydroxylation sites is 3. The van der Waals surface area contributed by atoms with Gasteiger partial charge >= 0.3 is 0 Å². The lowest BCUT2D eigenvalue weighted by Crippen LogP contribution is -2.74. The van der Waals surface area contributed by atoms with Gasteiger partial charge < -0.3 is 13.6 Å². The van der Waals surface area contributed by atoms with Crippen LogP contribution in [0.5, 0.6) is 0 Å². The van der Waals surface area contributed by atoms with Crippen molar-refractivity contribution in [1.29, 1.82) is 0 Å². The number of fused-ring (bicyclic) bond motifs is 9. The zero-order valence-electron chi connectivity index (χ0n) is 31.6. The van der Waals surface area contributed by atoms with Crippen LogP contribution in [0.3, 0.4) is 0 Å². The van der Waals surface area contributed by atoms with E-state index in [-0.39, 0.29) is 0 Å². The van der Waals surface area contributed by atoms with Crippen molar-refractivity contribution in [3.63, 3.8) is 0 Å². The summed E-state index contributed by atoms with van der Waals surface area (Å²) in [6, 6.07) is 80.3. The van der Waals surface area contributed by atoms with Crippen molar-refractivity contribution in [2.24, 2.45) is 0 Å². The minimum atomic E-state index is -2.84. The van der Waals surface area contributed by atoms with Crippen molar-refractivity contribution in [2.75, 3.05) is 0 Å². The molecular formula is C54H36N2OSi. The van der Waals surface area contributed by atoms with E-state index >= 15 is 0 Å². The van der Waals surface area contributed by atoms with Gasteiger partial charge in [-0.05, 0) is 75.3 Å². The highest BCUT2D eigenvalue weighted by atomic mass is 28.3. The summed E-state index contributed by atoms with van der Waals surface area (Å²) in [4.78, 5) is 0. The van der Waals surface area contributed by atoms with Gasteiger partial charge in [0.1, 0.15) is 11.2 Å². The molecule has 58 heavy (non-hydrogen) atoms. The Labute approximate surface area is 336 Å². The first-order valence-electron chi connectivity index (χ1n) is 19.9. The average molecular weight is 757 g/mol. The molecule has 0 atom stereocenters. The molecule has 0 saturated carbocycles. The Morgan fingerprint density at radius 3 is 1.53 bits per heavy atom. The van der Waals surface area contributed by atoms with E-state index in [4.69, 9.17) is 4.42 Å². The lowest BCUT2D eigenvalue weighted by molar-refractivity contribution is 0.669. The molecule has 0 aliphatic carbocycles. The second kappa shape index (κ2) is 12.8. The summed E-state index contributed by atoms with van der Waals surface area (Å²) in [7, 11) is -2.84. The first-order valence-corrected chi connectivity index (χ1v) is 21.9. The van der Waals surface area contributed by atoms with Gasteiger partial charge in [0, 0.05) is 32.6 Å². The van der Waals surface area contributed by atoms with Crippen LogP contribution in [0.4, 0.5) is 0 Å². The maximum absolute atomic E-state index is 6.37. The summed E-state index contributed by atoms with van der Waals surface area (Å²) in [6.45, 7) is 0. The summed E-state index contributed by atoms with van der Waals surface area (Å²) in [5.74, 6) is 0. The Bertz CT molecular complexity index is 3410. The van der Waals surface area contributed by atoms with Crippen molar-refractivity contribution in [3.05, 3.63) is 218 Å². The van der Waals surface area contributed by atoms with Gasteiger partial charge in [0.05, 0.1) is 33.1 Å². The van der Waals surface area contributed by atoms with Crippen LogP contribution in [0.15, 0.2) is 223 Å². The largest absolute Gasteiger partial charge is 0.456 e. The molecule has 12 aromatic rings. The van der Waals surface area contributed by atoms with E-state index in [0.29, 0.717) is 0 Å². The predicted octanol–water partition coefficient (Wildman–Crippen LogP) is 11.2. The van der Waals surface area contributed by atoms with Gasteiger partial charge in [-0.1, -0.05) is 164 Å². The Hall–Kier alpha value is -7.40. The molecule has 0 radical (unpaired) electrons. The van der Waals surface area contributed by atoms with Crippen LogP contribution in [-0.4, -0.2) is 17.2 Å². The summed E-state index contributed by atoms with van der Waals surface area (Å²) in [5, 5.41) is 12.7. The molecular weight excluding hydrogens is 721 g/mol. The maximum Gasteiger partial charge on any atom is 0.180 e. The third kappa shape index (κ3) is 4.61. The highest BCUT2D eigenvalue weighted by molar-refractivity contribution is 7.20. The maximum atomic E-state index is 6.37. The fourth-order valence-electron chi connectivity index (χ4n) is 9.94. The molecule has 272 valence electrons. The number of hydrogen-bond donors (Lipinski definition) is 0. The zero-order chi connectivity index (χ0) is 38.2. The van der Waals surface area contributed by atoms with Gasteiger partial charge in [-0.2, -0.15) is 0 Å². The highest BCUT2D eigenvalue weighted by Crippen LogP contribution is 2.40. The van der Waals surface area contributed by atoms with E-state index in [9.17, 15) is 0 Å². The van der Waals surface area contributed by atoms with Crippen LogP contribution >= 0.6 is 0 Å². The standard InChI is InChI=1S/C54H36N2OSi/c1-4-18-38(19-5-1)58(39-20-6-2-7-21-39,40-22-8-3-9-23-40)52-33-17-30-49-54(52)42-25-11-14-28-46(42)55(49)37-34-35-47-44(36-37)41-24-10-13-27-45(41)56(47)48-29-16-32-51-53(48)43-26-12-15-31-50(43)57-51/h1-36H. The average Bonchev–Trinajstić information content (AvgIpc) is 3.96. The van der Waals surface area contributed by atoms with Gasteiger partial charge in [-0.3, -0.25) is 0 Å². The highest BCUT2D eigenvalue weighted by Gasteiger charge is 2.43. The van der Waals surface area contributed by atoms with E-state index in [2.05, 4.69) is 221 Å². The smallest absolute Gasteiger partial charge is 0.180 e. The molecule has 0 unspecified atom stereocenters. The quantitative estimate of drug-likeness (QED) is 0.122. The minimum absolute atomic E-state index is 0.892. The monoisotopic (exact) mass is 756 g/mol. The fraction of sp³-hybridized carbons (Fsp3) is 0. The lowest BCUT2D eigenvalue weighted by Gasteiger charge is -2.35. The molecule has 9 aromatic carbocycles. The Kier molecular flexibility index (Phi) is 7.25. The predicted molar refractivity (Wildman–Crippen MR) is 246 cm³/mol. The van der Waals surface area contributed by atoms with Crippen molar-refractivity contribution < 1.29 is 4.42 Å².